The van der Waals surface area contributed by atoms with Crippen LogP contribution in [-0.4, -0.2) is 15.6 Å². The van der Waals surface area contributed by atoms with Crippen LogP contribution in [0.5, 0.6) is 0 Å². The number of nitrogens with zero attached hydrogens (tertiary/aromatic N) is 1. The first kappa shape index (κ1) is 11.7. The molecule has 1 aromatic heterocycles. The molecule has 17 heavy (non-hydrogen) atoms. The Morgan fingerprint density at radius 1 is 1.53 bits per heavy atom. The zero-order valence-electron chi connectivity index (χ0n) is 10.8. The minimum atomic E-state index is 0.281. The highest BCUT2D eigenvalue weighted by atomic mass is 32.2. The Hall–Kier alpha value is -0.410. The van der Waals surface area contributed by atoms with E-state index in [1.807, 2.05) is 11.8 Å². The molecule has 1 aromatic rings. The van der Waals surface area contributed by atoms with Crippen molar-refractivity contribution in [2.75, 3.05) is 6.26 Å². The highest BCUT2D eigenvalue weighted by Crippen LogP contribution is 2.49. The van der Waals surface area contributed by atoms with Crippen molar-refractivity contribution in [2.24, 2.45) is 5.73 Å². The molecule has 2 nitrogen and oxygen atoms in total. The van der Waals surface area contributed by atoms with E-state index in [0.29, 0.717) is 4.75 Å². The minimum absolute atomic E-state index is 0.281. The highest BCUT2D eigenvalue weighted by Gasteiger charge is 2.43. The molecule has 2 aliphatic rings. The quantitative estimate of drug-likeness (QED) is 0.894. The van der Waals surface area contributed by atoms with Gasteiger partial charge in [-0.05, 0) is 56.9 Å². The van der Waals surface area contributed by atoms with Crippen LogP contribution in [0.2, 0.25) is 0 Å². The van der Waals surface area contributed by atoms with E-state index in [4.69, 9.17) is 5.73 Å². The van der Waals surface area contributed by atoms with Crippen molar-refractivity contribution in [3.63, 3.8) is 0 Å². The molecule has 1 atom stereocenters. The Labute approximate surface area is 108 Å². The minimum Gasteiger partial charge on any atom is -0.347 e. The second-order valence-electron chi connectivity index (χ2n) is 5.66. The summed E-state index contributed by atoms with van der Waals surface area (Å²) in [5, 5.41) is 0. The SMILES string of the molecule is CSC1(Cn2c(C)cc3c2CCCC3N)CC1. The summed E-state index contributed by atoms with van der Waals surface area (Å²) in [5.41, 5.74) is 10.6. The zero-order valence-corrected chi connectivity index (χ0v) is 11.6. The molecule has 0 aliphatic heterocycles. The smallest absolute Gasteiger partial charge is 0.0372 e. The van der Waals surface area contributed by atoms with Crippen LogP contribution in [0, 0.1) is 6.92 Å². The van der Waals surface area contributed by atoms with E-state index in [1.54, 1.807) is 0 Å². The number of aryl methyl sites for hydroxylation is 1. The van der Waals surface area contributed by atoms with Crippen LogP contribution in [0.15, 0.2) is 6.07 Å². The van der Waals surface area contributed by atoms with Gasteiger partial charge in [-0.25, -0.2) is 0 Å². The normalized spacial score (nSPS) is 25.7. The molecule has 3 rings (SSSR count). The van der Waals surface area contributed by atoms with Crippen molar-refractivity contribution in [1.29, 1.82) is 0 Å². The second-order valence-corrected chi connectivity index (χ2v) is 6.93. The van der Waals surface area contributed by atoms with E-state index in [2.05, 4.69) is 23.8 Å². The summed E-state index contributed by atoms with van der Waals surface area (Å²) < 4.78 is 3.09. The van der Waals surface area contributed by atoms with Gasteiger partial charge in [0, 0.05) is 28.7 Å². The van der Waals surface area contributed by atoms with Gasteiger partial charge in [-0.3, -0.25) is 0 Å². The maximum absolute atomic E-state index is 6.22. The summed E-state index contributed by atoms with van der Waals surface area (Å²) in [7, 11) is 0. The number of aromatic nitrogens is 1. The predicted molar refractivity (Wildman–Crippen MR) is 74.5 cm³/mol. The van der Waals surface area contributed by atoms with Gasteiger partial charge in [-0.2, -0.15) is 11.8 Å². The number of nitrogens with two attached hydrogens (primary N) is 1. The molecule has 0 radical (unpaired) electrons. The maximum Gasteiger partial charge on any atom is 0.0372 e. The lowest BCUT2D eigenvalue weighted by molar-refractivity contribution is 0.530. The molecule has 0 aromatic carbocycles. The molecule has 2 aliphatic carbocycles. The summed E-state index contributed by atoms with van der Waals surface area (Å²) >= 11 is 2.04. The van der Waals surface area contributed by atoms with Gasteiger partial charge in [0.2, 0.25) is 0 Å². The van der Waals surface area contributed by atoms with Crippen LogP contribution in [0.3, 0.4) is 0 Å². The maximum atomic E-state index is 6.22. The van der Waals surface area contributed by atoms with E-state index < -0.39 is 0 Å². The van der Waals surface area contributed by atoms with Crippen LogP contribution in [0.1, 0.15) is 48.7 Å². The van der Waals surface area contributed by atoms with Gasteiger partial charge < -0.3 is 10.3 Å². The summed E-state index contributed by atoms with van der Waals surface area (Å²) in [4.78, 5) is 0. The molecular weight excluding hydrogens is 228 g/mol. The monoisotopic (exact) mass is 250 g/mol. The molecular formula is C14H22N2S. The molecule has 1 heterocycles. The van der Waals surface area contributed by atoms with Gasteiger partial charge in [0.1, 0.15) is 0 Å². The average molecular weight is 250 g/mol. The first-order chi connectivity index (χ1) is 8.15. The van der Waals surface area contributed by atoms with E-state index in [1.165, 1.54) is 49.2 Å². The van der Waals surface area contributed by atoms with Crippen molar-refractivity contribution in [2.45, 2.75) is 56.4 Å². The lowest BCUT2D eigenvalue weighted by atomic mass is 9.93. The Morgan fingerprint density at radius 3 is 2.94 bits per heavy atom. The highest BCUT2D eigenvalue weighted by molar-refractivity contribution is 8.00. The predicted octanol–water partition coefficient (Wildman–Crippen LogP) is 3.03. The van der Waals surface area contributed by atoms with E-state index in [9.17, 15) is 0 Å². The van der Waals surface area contributed by atoms with Crippen LogP contribution in [-0.2, 0) is 13.0 Å². The lowest BCUT2D eigenvalue weighted by Crippen LogP contribution is -2.21. The molecule has 0 bridgehead atoms. The molecule has 94 valence electrons. The Morgan fingerprint density at radius 2 is 2.29 bits per heavy atom. The van der Waals surface area contributed by atoms with Crippen molar-refractivity contribution in [3.05, 3.63) is 23.0 Å². The third kappa shape index (κ3) is 1.93. The lowest BCUT2D eigenvalue weighted by Gasteiger charge is -2.23. The third-order valence-electron chi connectivity index (χ3n) is 4.46. The second kappa shape index (κ2) is 4.06. The summed E-state index contributed by atoms with van der Waals surface area (Å²) in [6.07, 6.45) is 8.65. The number of rotatable bonds is 3. The molecule has 1 saturated carbocycles. The summed E-state index contributed by atoms with van der Waals surface area (Å²) in [6, 6.07) is 2.61. The van der Waals surface area contributed by atoms with Crippen LogP contribution >= 0.6 is 11.8 Å². The van der Waals surface area contributed by atoms with Gasteiger partial charge >= 0.3 is 0 Å². The fourth-order valence-electron chi connectivity index (χ4n) is 3.07. The number of thioether (sulfide) groups is 1. The molecule has 0 amide bonds. The number of fused-ring (bicyclic) bond motifs is 1. The van der Waals surface area contributed by atoms with Crippen molar-refractivity contribution in [3.8, 4) is 0 Å². The van der Waals surface area contributed by atoms with Gasteiger partial charge in [-0.1, -0.05) is 0 Å². The number of hydrogen-bond donors (Lipinski definition) is 1. The zero-order chi connectivity index (χ0) is 12.0. The Balaban J connectivity index is 1.94. The molecule has 0 saturated heterocycles. The fourth-order valence-corrected chi connectivity index (χ4v) is 3.84. The van der Waals surface area contributed by atoms with Crippen LogP contribution in [0.25, 0.3) is 0 Å². The van der Waals surface area contributed by atoms with Gasteiger partial charge in [-0.15, -0.1) is 0 Å². The Bertz CT molecular complexity index is 432. The molecule has 1 fully saturated rings. The first-order valence-corrected chi connectivity index (χ1v) is 7.87. The van der Waals surface area contributed by atoms with E-state index >= 15 is 0 Å². The fraction of sp³-hybridized carbons (Fsp3) is 0.714. The standard InChI is InChI=1S/C14H22N2S/c1-10-8-11-12(15)4-3-5-13(11)16(10)9-14(17-2)6-7-14/h8,12H,3-7,9,15H2,1-2H3. The molecule has 2 N–H and O–H groups in total. The van der Waals surface area contributed by atoms with Gasteiger partial charge in [0.05, 0.1) is 0 Å². The number of hydrogen-bond acceptors (Lipinski definition) is 2. The third-order valence-corrected chi connectivity index (χ3v) is 5.87. The van der Waals surface area contributed by atoms with E-state index in [-0.39, 0.29) is 6.04 Å². The van der Waals surface area contributed by atoms with Crippen LogP contribution < -0.4 is 5.73 Å². The Kier molecular flexibility index (Phi) is 2.79. The molecule has 3 heteroatoms. The van der Waals surface area contributed by atoms with Crippen molar-refractivity contribution in [1.82, 2.24) is 4.57 Å². The van der Waals surface area contributed by atoms with E-state index in [0.717, 1.165) is 6.42 Å². The van der Waals surface area contributed by atoms with Crippen molar-refractivity contribution >= 4 is 11.8 Å². The van der Waals surface area contributed by atoms with Crippen LogP contribution in [0.4, 0.5) is 0 Å². The summed E-state index contributed by atoms with van der Waals surface area (Å²) in [5.74, 6) is 0. The molecule has 1 unspecified atom stereocenters. The topological polar surface area (TPSA) is 30.9 Å². The van der Waals surface area contributed by atoms with Crippen molar-refractivity contribution < 1.29 is 0 Å². The first-order valence-electron chi connectivity index (χ1n) is 6.65. The molecule has 0 spiro atoms. The van der Waals surface area contributed by atoms with Gasteiger partial charge in [0.25, 0.3) is 0 Å². The van der Waals surface area contributed by atoms with Gasteiger partial charge in [0.15, 0.2) is 0 Å². The largest absolute Gasteiger partial charge is 0.347 e. The average Bonchev–Trinajstić information content (AvgIpc) is 3.02. The summed E-state index contributed by atoms with van der Waals surface area (Å²) in [6.45, 7) is 3.43.